The molecule has 0 aliphatic carbocycles. The van der Waals surface area contributed by atoms with Crippen LogP contribution in [0.1, 0.15) is 50.7 Å². The van der Waals surface area contributed by atoms with Crippen LogP contribution in [0.5, 0.6) is 5.88 Å². The number of unbranched alkanes of at least 4 members (excludes halogenated alkanes) is 1. The molecule has 194 valence electrons. The van der Waals surface area contributed by atoms with Crippen molar-refractivity contribution < 1.29 is 13.5 Å². The van der Waals surface area contributed by atoms with E-state index in [1.807, 2.05) is 13.0 Å². The van der Waals surface area contributed by atoms with Crippen LogP contribution in [0.4, 0.5) is 11.4 Å². The summed E-state index contributed by atoms with van der Waals surface area (Å²) in [5.74, 6) is -0.278. The first-order chi connectivity index (χ1) is 17.7. The Hall–Kier alpha value is -3.81. The number of aromatic hydroxyl groups is 1. The zero-order chi connectivity index (χ0) is 27.0. The van der Waals surface area contributed by atoms with Gasteiger partial charge in [0, 0.05) is 12.1 Å². The molecule has 2 N–H and O–H groups in total. The molecular weight excluding hydrogens is 490 g/mol. The predicted octanol–water partition coefficient (Wildman–Crippen LogP) is 5.63. The summed E-state index contributed by atoms with van der Waals surface area (Å²) in [5, 5.41) is 28.4. The highest BCUT2D eigenvalue weighted by atomic mass is 32.2. The number of nitriles is 1. The van der Waals surface area contributed by atoms with Crippen molar-refractivity contribution in [3.8, 4) is 17.6 Å². The third-order valence-corrected chi connectivity index (χ3v) is 7.69. The number of sulfonamides is 1. The second-order valence-electron chi connectivity index (χ2n) is 8.70. The van der Waals surface area contributed by atoms with Gasteiger partial charge in [0.05, 0.1) is 5.69 Å². The van der Waals surface area contributed by atoms with Gasteiger partial charge in [-0.25, -0.2) is 17.7 Å². The molecule has 10 heteroatoms. The number of nitrogens with zero attached hydrogens (tertiary/aromatic N) is 4. The van der Waals surface area contributed by atoms with Gasteiger partial charge in [-0.05, 0) is 43.5 Å². The van der Waals surface area contributed by atoms with Crippen LogP contribution in [0.15, 0.2) is 74.5 Å². The smallest absolute Gasteiger partial charge is 0.286 e. The van der Waals surface area contributed by atoms with Crippen molar-refractivity contribution in [2.45, 2.75) is 51.3 Å². The summed E-state index contributed by atoms with van der Waals surface area (Å²) in [6, 6.07) is 16.4. The van der Waals surface area contributed by atoms with Crippen LogP contribution in [0.2, 0.25) is 0 Å². The zero-order valence-electron chi connectivity index (χ0n) is 21.2. The second-order valence-corrected chi connectivity index (χ2v) is 10.4. The van der Waals surface area contributed by atoms with Crippen molar-refractivity contribution in [2.75, 3.05) is 6.54 Å². The fraction of sp³-hybridized carbons (Fsp3) is 0.333. The van der Waals surface area contributed by atoms with Crippen LogP contribution in [0.25, 0.3) is 5.69 Å². The summed E-state index contributed by atoms with van der Waals surface area (Å²) in [6.45, 7) is 5.93. The number of hydrogen-bond donors (Lipinski definition) is 2. The first-order valence-corrected chi connectivity index (χ1v) is 13.7. The van der Waals surface area contributed by atoms with E-state index >= 15 is 0 Å². The summed E-state index contributed by atoms with van der Waals surface area (Å²) in [4.78, 5) is 13.2. The highest BCUT2D eigenvalue weighted by molar-refractivity contribution is 7.89. The molecule has 0 aliphatic rings. The molecular formula is C27H31N5O4S. The fourth-order valence-electron chi connectivity index (χ4n) is 3.95. The van der Waals surface area contributed by atoms with Crippen LogP contribution in [-0.4, -0.2) is 24.6 Å². The van der Waals surface area contributed by atoms with E-state index in [0.29, 0.717) is 12.2 Å². The number of aromatic nitrogens is 1. The summed E-state index contributed by atoms with van der Waals surface area (Å²) in [7, 11) is -3.90. The van der Waals surface area contributed by atoms with Gasteiger partial charge >= 0.3 is 0 Å². The molecule has 1 unspecified atom stereocenters. The van der Waals surface area contributed by atoms with Gasteiger partial charge in [0.2, 0.25) is 15.9 Å². The Kier molecular flexibility index (Phi) is 9.33. The van der Waals surface area contributed by atoms with Crippen molar-refractivity contribution in [1.82, 2.24) is 9.29 Å². The number of para-hydroxylation sites is 1. The topological polar surface area (TPSA) is 137 Å². The lowest BCUT2D eigenvalue weighted by Gasteiger charge is -2.16. The summed E-state index contributed by atoms with van der Waals surface area (Å²) in [5.41, 5.74) is -0.459. The molecule has 2 aromatic carbocycles. The molecule has 0 saturated heterocycles. The molecule has 9 nitrogen and oxygen atoms in total. The van der Waals surface area contributed by atoms with E-state index < -0.39 is 21.5 Å². The minimum atomic E-state index is -3.90. The van der Waals surface area contributed by atoms with Crippen molar-refractivity contribution in [3.63, 3.8) is 0 Å². The van der Waals surface area contributed by atoms with Gasteiger partial charge in [0.25, 0.3) is 5.56 Å². The van der Waals surface area contributed by atoms with Crippen molar-refractivity contribution in [1.29, 1.82) is 5.26 Å². The van der Waals surface area contributed by atoms with E-state index in [2.05, 4.69) is 21.9 Å². The Morgan fingerprint density at radius 3 is 2.41 bits per heavy atom. The van der Waals surface area contributed by atoms with Crippen molar-refractivity contribution in [3.05, 3.63) is 76.1 Å². The highest BCUT2D eigenvalue weighted by Crippen LogP contribution is 2.30. The third-order valence-electron chi connectivity index (χ3n) is 6.22. The van der Waals surface area contributed by atoms with Crippen molar-refractivity contribution in [2.24, 2.45) is 16.1 Å². The van der Waals surface area contributed by atoms with E-state index in [9.17, 15) is 23.6 Å². The van der Waals surface area contributed by atoms with E-state index in [1.165, 1.54) is 19.1 Å². The molecule has 3 aromatic rings. The normalized spacial score (nSPS) is 12.5. The van der Waals surface area contributed by atoms with Gasteiger partial charge in [-0.1, -0.05) is 63.4 Å². The average molecular weight is 522 g/mol. The molecule has 1 aromatic heterocycles. The van der Waals surface area contributed by atoms with Gasteiger partial charge in [-0.3, -0.25) is 4.79 Å². The summed E-state index contributed by atoms with van der Waals surface area (Å²) >= 11 is 0. The van der Waals surface area contributed by atoms with Gasteiger partial charge in [-0.15, -0.1) is 10.2 Å². The lowest BCUT2D eigenvalue weighted by Crippen LogP contribution is -2.29. The molecule has 0 radical (unpaired) electrons. The first-order valence-electron chi connectivity index (χ1n) is 12.2. The highest BCUT2D eigenvalue weighted by Gasteiger charge is 2.22. The zero-order valence-corrected chi connectivity index (χ0v) is 22.0. The van der Waals surface area contributed by atoms with E-state index in [-0.39, 0.29) is 33.3 Å². The maximum Gasteiger partial charge on any atom is 0.286 e. The van der Waals surface area contributed by atoms with Crippen LogP contribution in [-0.2, 0) is 10.0 Å². The Morgan fingerprint density at radius 2 is 1.76 bits per heavy atom. The molecule has 0 spiro atoms. The molecule has 1 heterocycles. The van der Waals surface area contributed by atoms with Gasteiger partial charge in [-0.2, -0.15) is 5.26 Å². The maximum absolute atomic E-state index is 13.3. The molecule has 0 aliphatic heterocycles. The van der Waals surface area contributed by atoms with Crippen LogP contribution < -0.4 is 10.3 Å². The van der Waals surface area contributed by atoms with Crippen molar-refractivity contribution >= 4 is 21.4 Å². The van der Waals surface area contributed by atoms with Gasteiger partial charge < -0.3 is 5.11 Å². The number of benzene rings is 2. The molecule has 1 atom stereocenters. The third kappa shape index (κ3) is 6.31. The number of nitrogens with one attached hydrogen (secondary N) is 1. The molecule has 3 rings (SSSR count). The molecule has 37 heavy (non-hydrogen) atoms. The summed E-state index contributed by atoms with van der Waals surface area (Å²) in [6.07, 6.45) is 3.87. The minimum Gasteiger partial charge on any atom is -0.493 e. The van der Waals surface area contributed by atoms with Gasteiger partial charge in [0.1, 0.15) is 22.2 Å². The molecule has 0 fully saturated rings. The number of rotatable bonds is 11. The van der Waals surface area contributed by atoms with E-state index in [4.69, 9.17) is 0 Å². The number of pyridine rings is 1. The number of hydrogen-bond acceptors (Lipinski definition) is 7. The Bertz CT molecular complexity index is 1480. The van der Waals surface area contributed by atoms with E-state index in [1.54, 1.807) is 42.5 Å². The van der Waals surface area contributed by atoms with Crippen LogP contribution in [0.3, 0.4) is 0 Å². The minimum absolute atomic E-state index is 0.0493. The quantitative estimate of drug-likeness (QED) is 0.315. The first kappa shape index (κ1) is 27.8. The van der Waals surface area contributed by atoms with E-state index in [0.717, 1.165) is 30.3 Å². The lowest BCUT2D eigenvalue weighted by atomic mass is 10.00. The van der Waals surface area contributed by atoms with Crippen LogP contribution in [0, 0.1) is 24.2 Å². The SMILES string of the molecule is CCCCC(CC)CNS(=O)(=O)c1ccccc1N=Nc1c(C)c(C#N)c(O)n(-c2ccccc2)c1=O. The standard InChI is InChI=1S/C27H31N5O4S/c1-4-6-12-20(5-2)18-29-37(35,36)24-16-11-10-15-23(24)30-31-25-19(3)22(17-28)26(33)32(27(25)34)21-13-8-7-9-14-21/h7-11,13-16,20,29,33H,4-6,12,18H2,1-3H3. The second kappa shape index (κ2) is 12.4. The summed E-state index contributed by atoms with van der Waals surface area (Å²) < 4.78 is 29.9. The van der Waals surface area contributed by atoms with Gasteiger partial charge in [0.15, 0.2) is 5.69 Å². The molecule has 0 saturated carbocycles. The average Bonchev–Trinajstić information content (AvgIpc) is 2.90. The Morgan fingerprint density at radius 1 is 1.08 bits per heavy atom. The maximum atomic E-state index is 13.3. The largest absolute Gasteiger partial charge is 0.493 e. The predicted molar refractivity (Wildman–Crippen MR) is 142 cm³/mol. The Labute approximate surface area is 217 Å². The molecule has 0 amide bonds. The Balaban J connectivity index is 2.02. The number of azo groups is 1. The monoisotopic (exact) mass is 521 g/mol. The lowest BCUT2D eigenvalue weighted by molar-refractivity contribution is 0.433. The van der Waals surface area contributed by atoms with Crippen LogP contribution >= 0.6 is 0 Å². The fourth-order valence-corrected chi connectivity index (χ4v) is 5.20. The molecule has 0 bridgehead atoms.